The fourth-order valence-electron chi connectivity index (χ4n) is 4.72. The maximum atomic E-state index is 13.7. The first-order chi connectivity index (χ1) is 17.6. The van der Waals surface area contributed by atoms with E-state index in [1.165, 1.54) is 5.56 Å². The molecule has 5 heteroatoms. The van der Waals surface area contributed by atoms with Crippen LogP contribution < -0.4 is 5.32 Å². The van der Waals surface area contributed by atoms with Crippen molar-refractivity contribution in [1.82, 2.24) is 5.32 Å². The number of ether oxygens (including phenoxy) is 1. The number of carbonyl (C=O) groups excluding carboxylic acids is 2. The lowest BCUT2D eigenvalue weighted by molar-refractivity contribution is -0.160. The van der Waals surface area contributed by atoms with E-state index in [-0.39, 0.29) is 29.7 Å². The van der Waals surface area contributed by atoms with Crippen molar-refractivity contribution in [2.75, 3.05) is 0 Å². The summed E-state index contributed by atoms with van der Waals surface area (Å²) in [4.78, 5) is 26.8. The Morgan fingerprint density at radius 2 is 1.51 bits per heavy atom. The molecule has 0 fully saturated rings. The van der Waals surface area contributed by atoms with Crippen molar-refractivity contribution in [3.05, 3.63) is 119 Å². The van der Waals surface area contributed by atoms with Crippen molar-refractivity contribution >= 4 is 11.9 Å². The number of nitrogens with one attached hydrogen (secondary N) is 1. The van der Waals surface area contributed by atoms with Crippen LogP contribution in [0.1, 0.15) is 62.3 Å². The normalized spacial score (nSPS) is 18.4. The number of rotatable bonds is 8. The van der Waals surface area contributed by atoms with E-state index < -0.39 is 23.4 Å². The van der Waals surface area contributed by atoms with Gasteiger partial charge in [0.2, 0.25) is 5.60 Å². The van der Waals surface area contributed by atoms with E-state index in [0.717, 1.165) is 16.7 Å². The third kappa shape index (κ3) is 5.61. The van der Waals surface area contributed by atoms with Gasteiger partial charge in [-0.3, -0.25) is 4.79 Å². The van der Waals surface area contributed by atoms with Crippen LogP contribution in [0, 0.1) is 0 Å². The van der Waals surface area contributed by atoms with Gasteiger partial charge in [0.15, 0.2) is 5.76 Å². The summed E-state index contributed by atoms with van der Waals surface area (Å²) in [5.41, 5.74) is 2.35. The Labute approximate surface area is 219 Å². The summed E-state index contributed by atoms with van der Waals surface area (Å²) in [5, 5.41) is 14.4. The number of esters is 1. The van der Waals surface area contributed by atoms with E-state index in [4.69, 9.17) is 4.74 Å². The SMILES string of the molecule is CC(C1=C(O)[C@@](CCc2ccccc2)(C(=O)NCc2ccc(C(C)(C)C)cc2)OC1=O)c1ccccc1. The first-order valence-electron chi connectivity index (χ1n) is 12.8. The molecule has 2 N–H and O–H groups in total. The summed E-state index contributed by atoms with van der Waals surface area (Å²) >= 11 is 0. The molecule has 0 aromatic heterocycles. The number of hydrogen-bond acceptors (Lipinski definition) is 4. The first kappa shape index (κ1) is 26.2. The Kier molecular flexibility index (Phi) is 7.53. The fourth-order valence-corrected chi connectivity index (χ4v) is 4.72. The minimum Gasteiger partial charge on any atom is -0.507 e. The molecular weight excluding hydrogens is 462 g/mol. The highest BCUT2D eigenvalue weighted by atomic mass is 16.6. The van der Waals surface area contributed by atoms with Crippen molar-refractivity contribution in [3.63, 3.8) is 0 Å². The van der Waals surface area contributed by atoms with Gasteiger partial charge in [0.1, 0.15) is 0 Å². The van der Waals surface area contributed by atoms with Gasteiger partial charge in [-0.25, -0.2) is 4.79 Å². The predicted molar refractivity (Wildman–Crippen MR) is 145 cm³/mol. The maximum Gasteiger partial charge on any atom is 0.339 e. The van der Waals surface area contributed by atoms with Crippen LogP contribution in [0.15, 0.2) is 96.3 Å². The van der Waals surface area contributed by atoms with Gasteiger partial charge >= 0.3 is 5.97 Å². The predicted octanol–water partition coefficient (Wildman–Crippen LogP) is 6.14. The van der Waals surface area contributed by atoms with Gasteiger partial charge in [0, 0.05) is 18.9 Å². The lowest BCUT2D eigenvalue weighted by Gasteiger charge is -2.27. The summed E-state index contributed by atoms with van der Waals surface area (Å²) in [5.74, 6) is -1.91. The van der Waals surface area contributed by atoms with Gasteiger partial charge in [-0.1, -0.05) is 113 Å². The monoisotopic (exact) mass is 497 g/mol. The second-order valence-electron chi connectivity index (χ2n) is 10.7. The van der Waals surface area contributed by atoms with E-state index in [0.29, 0.717) is 6.42 Å². The molecule has 2 atom stereocenters. The zero-order valence-electron chi connectivity index (χ0n) is 22.0. The van der Waals surface area contributed by atoms with Crippen molar-refractivity contribution < 1.29 is 19.4 Å². The highest BCUT2D eigenvalue weighted by molar-refractivity contribution is 6.02. The maximum absolute atomic E-state index is 13.7. The largest absolute Gasteiger partial charge is 0.507 e. The molecular formula is C32H35NO4. The summed E-state index contributed by atoms with van der Waals surface area (Å²) in [6.45, 7) is 8.54. The molecule has 4 rings (SSSR count). The van der Waals surface area contributed by atoms with E-state index in [1.54, 1.807) is 0 Å². The van der Waals surface area contributed by atoms with Crippen LogP contribution >= 0.6 is 0 Å². The van der Waals surface area contributed by atoms with E-state index >= 15 is 0 Å². The third-order valence-electron chi connectivity index (χ3n) is 7.11. The van der Waals surface area contributed by atoms with E-state index in [1.807, 2.05) is 79.7 Å². The molecule has 0 radical (unpaired) electrons. The van der Waals surface area contributed by atoms with Crippen molar-refractivity contribution in [1.29, 1.82) is 0 Å². The number of benzene rings is 3. The summed E-state index contributed by atoms with van der Waals surface area (Å²) in [7, 11) is 0. The molecule has 1 heterocycles. The van der Waals surface area contributed by atoms with Crippen LogP contribution in [0.5, 0.6) is 0 Å². The molecule has 1 unspecified atom stereocenters. The number of amides is 1. The van der Waals surface area contributed by atoms with Gasteiger partial charge < -0.3 is 15.2 Å². The Hall–Kier alpha value is -3.86. The summed E-state index contributed by atoms with van der Waals surface area (Å²) in [6.07, 6.45) is 0.591. The molecule has 1 amide bonds. The van der Waals surface area contributed by atoms with Crippen LogP contribution in [-0.4, -0.2) is 22.6 Å². The van der Waals surface area contributed by atoms with Crippen molar-refractivity contribution in [3.8, 4) is 0 Å². The standard InChI is InChI=1S/C32H35NO4/c1-22(25-13-9-6-10-14-25)27-28(34)32(37-29(27)35,20-19-23-11-7-5-8-12-23)30(36)33-21-24-15-17-26(18-16-24)31(2,3)4/h5-18,22,34H,19-21H2,1-4H3,(H,33,36)/t22?,32-/m0/s1. The molecule has 0 aliphatic carbocycles. The quantitative estimate of drug-likeness (QED) is 0.366. The average Bonchev–Trinajstić information content (AvgIpc) is 3.16. The van der Waals surface area contributed by atoms with Gasteiger partial charge in [-0.2, -0.15) is 0 Å². The first-order valence-corrected chi connectivity index (χ1v) is 12.8. The molecule has 5 nitrogen and oxygen atoms in total. The number of aliphatic hydroxyl groups excluding tert-OH is 1. The Bertz CT molecular complexity index is 1270. The molecule has 0 saturated heterocycles. The minimum atomic E-state index is -1.78. The van der Waals surface area contributed by atoms with Gasteiger partial charge in [0.05, 0.1) is 5.57 Å². The average molecular weight is 498 g/mol. The summed E-state index contributed by atoms with van der Waals surface area (Å²) < 4.78 is 5.78. The number of aliphatic hydroxyl groups is 1. The highest BCUT2D eigenvalue weighted by Crippen LogP contribution is 2.41. The van der Waals surface area contributed by atoms with Crippen LogP contribution in [0.4, 0.5) is 0 Å². The Morgan fingerprint density at radius 1 is 0.919 bits per heavy atom. The molecule has 37 heavy (non-hydrogen) atoms. The van der Waals surface area contributed by atoms with Crippen LogP contribution in [0.2, 0.25) is 0 Å². The number of hydrogen-bond donors (Lipinski definition) is 2. The van der Waals surface area contributed by atoms with Crippen LogP contribution in [0.3, 0.4) is 0 Å². The molecule has 192 valence electrons. The highest BCUT2D eigenvalue weighted by Gasteiger charge is 2.54. The molecule has 1 aliphatic rings. The smallest absolute Gasteiger partial charge is 0.339 e. The second kappa shape index (κ2) is 10.6. The number of cyclic esters (lactones) is 1. The summed E-state index contributed by atoms with van der Waals surface area (Å²) in [6, 6.07) is 27.2. The van der Waals surface area contributed by atoms with E-state index in [2.05, 4.69) is 38.2 Å². The topological polar surface area (TPSA) is 75.6 Å². The van der Waals surface area contributed by atoms with Crippen molar-refractivity contribution in [2.45, 2.75) is 64.0 Å². The van der Waals surface area contributed by atoms with Crippen LogP contribution in [-0.2, 0) is 32.7 Å². The Balaban J connectivity index is 1.62. The molecule has 1 aliphatic heterocycles. The van der Waals surface area contributed by atoms with E-state index in [9.17, 15) is 14.7 Å². The molecule has 0 bridgehead atoms. The zero-order chi connectivity index (χ0) is 26.6. The lowest BCUT2D eigenvalue weighted by Crippen LogP contribution is -2.49. The lowest BCUT2D eigenvalue weighted by atomic mass is 9.86. The molecule has 0 spiro atoms. The van der Waals surface area contributed by atoms with Crippen molar-refractivity contribution in [2.24, 2.45) is 0 Å². The van der Waals surface area contributed by atoms with Gasteiger partial charge in [0.25, 0.3) is 5.91 Å². The molecule has 3 aromatic rings. The third-order valence-corrected chi connectivity index (χ3v) is 7.11. The minimum absolute atomic E-state index is 0.0315. The number of aryl methyl sites for hydroxylation is 1. The van der Waals surface area contributed by atoms with Gasteiger partial charge in [-0.15, -0.1) is 0 Å². The molecule has 0 saturated carbocycles. The van der Waals surface area contributed by atoms with Gasteiger partial charge in [-0.05, 0) is 34.1 Å². The zero-order valence-corrected chi connectivity index (χ0v) is 22.0. The number of carbonyl (C=O) groups is 2. The van der Waals surface area contributed by atoms with Crippen LogP contribution in [0.25, 0.3) is 0 Å². The molecule has 3 aromatic carbocycles. The second-order valence-corrected chi connectivity index (χ2v) is 10.7. The fraction of sp³-hybridized carbons (Fsp3) is 0.312. The Morgan fingerprint density at radius 3 is 2.11 bits per heavy atom.